The van der Waals surface area contributed by atoms with Gasteiger partial charge in [-0.05, 0) is 67.3 Å². The van der Waals surface area contributed by atoms with Crippen molar-refractivity contribution in [3.8, 4) is 5.69 Å². The Morgan fingerprint density at radius 2 is 1.54 bits per heavy atom. The van der Waals surface area contributed by atoms with Gasteiger partial charge in [0.05, 0.1) is 5.69 Å². The first kappa shape index (κ1) is 18.7. The maximum atomic E-state index is 4.61. The Morgan fingerprint density at radius 3 is 2.12 bits per heavy atom. The Kier molecular flexibility index (Phi) is 5.19. The van der Waals surface area contributed by atoms with Crippen molar-refractivity contribution in [2.75, 3.05) is 0 Å². The SMILES string of the molecule is Cc1cc(C=Nc2ccc(Br)cc2)c(C)n1-c1ccc(C(C)(C)C)cc1. The van der Waals surface area contributed by atoms with Crippen molar-refractivity contribution >= 4 is 27.8 Å². The van der Waals surface area contributed by atoms with E-state index in [1.54, 1.807) is 0 Å². The molecule has 2 nitrogen and oxygen atoms in total. The second-order valence-corrected chi connectivity index (χ2v) is 8.61. The smallest absolute Gasteiger partial charge is 0.0630 e. The van der Waals surface area contributed by atoms with Crippen LogP contribution in [-0.2, 0) is 5.41 Å². The minimum atomic E-state index is 0.168. The monoisotopic (exact) mass is 408 g/mol. The minimum Gasteiger partial charge on any atom is -0.318 e. The molecule has 0 bridgehead atoms. The van der Waals surface area contributed by atoms with Crippen molar-refractivity contribution in [3.05, 3.63) is 81.6 Å². The van der Waals surface area contributed by atoms with Gasteiger partial charge in [0.15, 0.2) is 0 Å². The summed E-state index contributed by atoms with van der Waals surface area (Å²) in [4.78, 5) is 4.61. The van der Waals surface area contributed by atoms with E-state index in [0.717, 1.165) is 15.7 Å². The van der Waals surface area contributed by atoms with Crippen molar-refractivity contribution in [1.82, 2.24) is 4.57 Å². The fraction of sp³-hybridized carbons (Fsp3) is 0.261. The van der Waals surface area contributed by atoms with Crippen LogP contribution in [0.2, 0.25) is 0 Å². The number of aryl methyl sites for hydroxylation is 1. The fourth-order valence-electron chi connectivity index (χ4n) is 3.10. The third-order valence-electron chi connectivity index (χ3n) is 4.64. The summed E-state index contributed by atoms with van der Waals surface area (Å²) in [6, 6.07) is 19.1. The second kappa shape index (κ2) is 7.24. The number of hydrogen-bond acceptors (Lipinski definition) is 1. The molecule has 3 aromatic rings. The van der Waals surface area contributed by atoms with Crippen molar-refractivity contribution in [3.63, 3.8) is 0 Å². The molecule has 134 valence electrons. The van der Waals surface area contributed by atoms with Crippen LogP contribution in [0.1, 0.15) is 43.3 Å². The molecule has 0 spiro atoms. The highest BCUT2D eigenvalue weighted by atomic mass is 79.9. The predicted molar refractivity (Wildman–Crippen MR) is 115 cm³/mol. The van der Waals surface area contributed by atoms with Gasteiger partial charge in [0.1, 0.15) is 0 Å². The lowest BCUT2D eigenvalue weighted by Crippen LogP contribution is -2.11. The van der Waals surface area contributed by atoms with E-state index in [0.29, 0.717) is 0 Å². The molecular weight excluding hydrogens is 384 g/mol. The number of benzene rings is 2. The zero-order valence-corrected chi connectivity index (χ0v) is 17.6. The standard InChI is InChI=1S/C23H25BrN2/c1-16-14-18(15-25-21-10-8-20(24)9-11-21)17(2)26(16)22-12-6-19(7-13-22)23(3,4)5/h6-15H,1-5H3. The summed E-state index contributed by atoms with van der Waals surface area (Å²) in [5, 5.41) is 0. The van der Waals surface area contributed by atoms with E-state index in [-0.39, 0.29) is 5.41 Å². The average molecular weight is 409 g/mol. The Bertz CT molecular complexity index is 924. The molecule has 0 unspecified atom stereocenters. The molecule has 0 amide bonds. The lowest BCUT2D eigenvalue weighted by atomic mass is 9.87. The molecule has 0 saturated carbocycles. The van der Waals surface area contributed by atoms with Gasteiger partial charge in [-0.1, -0.05) is 48.8 Å². The molecular formula is C23H25BrN2. The third-order valence-corrected chi connectivity index (χ3v) is 5.17. The number of hydrogen-bond donors (Lipinski definition) is 0. The number of nitrogens with zero attached hydrogens (tertiary/aromatic N) is 2. The van der Waals surface area contributed by atoms with Gasteiger partial charge in [0.2, 0.25) is 0 Å². The molecule has 3 heteroatoms. The van der Waals surface area contributed by atoms with Gasteiger partial charge in [-0.25, -0.2) is 0 Å². The van der Waals surface area contributed by atoms with Gasteiger partial charge in [0.25, 0.3) is 0 Å². The van der Waals surface area contributed by atoms with Crippen molar-refractivity contribution in [2.24, 2.45) is 4.99 Å². The quantitative estimate of drug-likeness (QED) is 0.419. The lowest BCUT2D eigenvalue weighted by Gasteiger charge is -2.20. The highest BCUT2D eigenvalue weighted by Gasteiger charge is 2.14. The molecule has 0 saturated heterocycles. The van der Waals surface area contributed by atoms with Crippen molar-refractivity contribution in [1.29, 1.82) is 0 Å². The number of aliphatic imine (C=N–C) groups is 1. The van der Waals surface area contributed by atoms with Gasteiger partial charge in [0, 0.05) is 33.3 Å². The summed E-state index contributed by atoms with van der Waals surface area (Å²) in [5.74, 6) is 0. The van der Waals surface area contributed by atoms with Gasteiger partial charge in [-0.3, -0.25) is 4.99 Å². The van der Waals surface area contributed by atoms with Crippen LogP contribution in [0.3, 0.4) is 0 Å². The molecule has 0 fully saturated rings. The zero-order chi connectivity index (χ0) is 18.9. The molecule has 0 aliphatic rings. The Labute approximate surface area is 164 Å². The first-order valence-corrected chi connectivity index (χ1v) is 9.64. The number of rotatable bonds is 3. The average Bonchev–Trinajstić information content (AvgIpc) is 2.87. The van der Waals surface area contributed by atoms with Crippen molar-refractivity contribution < 1.29 is 0 Å². The highest BCUT2D eigenvalue weighted by Crippen LogP contribution is 2.26. The Morgan fingerprint density at radius 1 is 0.923 bits per heavy atom. The van der Waals surface area contributed by atoms with Gasteiger partial charge >= 0.3 is 0 Å². The first-order valence-electron chi connectivity index (χ1n) is 8.85. The molecule has 1 heterocycles. The Balaban J connectivity index is 1.92. The highest BCUT2D eigenvalue weighted by molar-refractivity contribution is 9.10. The van der Waals surface area contributed by atoms with Crippen molar-refractivity contribution in [2.45, 2.75) is 40.0 Å². The largest absolute Gasteiger partial charge is 0.318 e. The van der Waals surface area contributed by atoms with E-state index in [1.165, 1.54) is 22.6 Å². The van der Waals surface area contributed by atoms with Crippen LogP contribution in [0.25, 0.3) is 5.69 Å². The summed E-state index contributed by atoms with van der Waals surface area (Å²) in [5.41, 5.74) is 7.21. The van der Waals surface area contributed by atoms with Crippen LogP contribution in [0, 0.1) is 13.8 Å². The van der Waals surface area contributed by atoms with Crippen LogP contribution in [0.5, 0.6) is 0 Å². The fourth-order valence-corrected chi connectivity index (χ4v) is 3.36. The minimum absolute atomic E-state index is 0.168. The van der Waals surface area contributed by atoms with Crippen LogP contribution in [0.15, 0.2) is 64.1 Å². The van der Waals surface area contributed by atoms with E-state index in [4.69, 9.17) is 0 Å². The van der Waals surface area contributed by atoms with E-state index in [2.05, 4.69) is 90.4 Å². The summed E-state index contributed by atoms with van der Waals surface area (Å²) in [6.45, 7) is 11.0. The van der Waals surface area contributed by atoms with E-state index in [9.17, 15) is 0 Å². The maximum Gasteiger partial charge on any atom is 0.0630 e. The molecule has 3 rings (SSSR count). The molecule has 0 atom stereocenters. The van der Waals surface area contributed by atoms with E-state index < -0.39 is 0 Å². The normalized spacial score (nSPS) is 12.1. The molecule has 1 aromatic heterocycles. The van der Waals surface area contributed by atoms with Crippen LogP contribution in [-0.4, -0.2) is 10.8 Å². The van der Waals surface area contributed by atoms with Crippen LogP contribution >= 0.6 is 15.9 Å². The topological polar surface area (TPSA) is 17.3 Å². The summed E-state index contributed by atoms with van der Waals surface area (Å²) < 4.78 is 3.35. The van der Waals surface area contributed by atoms with Crippen LogP contribution < -0.4 is 0 Å². The lowest BCUT2D eigenvalue weighted by molar-refractivity contribution is 0.590. The molecule has 0 aliphatic heterocycles. The second-order valence-electron chi connectivity index (χ2n) is 7.69. The zero-order valence-electron chi connectivity index (χ0n) is 16.0. The van der Waals surface area contributed by atoms with E-state index >= 15 is 0 Å². The molecule has 0 aliphatic carbocycles. The van der Waals surface area contributed by atoms with E-state index in [1.807, 2.05) is 30.5 Å². The maximum absolute atomic E-state index is 4.61. The molecule has 0 N–H and O–H groups in total. The van der Waals surface area contributed by atoms with Crippen LogP contribution in [0.4, 0.5) is 5.69 Å². The van der Waals surface area contributed by atoms with Gasteiger partial charge in [-0.15, -0.1) is 0 Å². The number of aromatic nitrogens is 1. The summed E-state index contributed by atoms with van der Waals surface area (Å²) in [7, 11) is 0. The Hall–Kier alpha value is -2.13. The van der Waals surface area contributed by atoms with Gasteiger partial charge < -0.3 is 4.57 Å². The first-order chi connectivity index (χ1) is 12.3. The predicted octanol–water partition coefficient (Wildman–Crippen LogP) is 6.90. The summed E-state index contributed by atoms with van der Waals surface area (Å²) >= 11 is 3.45. The summed E-state index contributed by atoms with van der Waals surface area (Å²) in [6.07, 6.45) is 1.95. The molecule has 2 aromatic carbocycles. The molecule has 26 heavy (non-hydrogen) atoms. The number of halogens is 1. The molecule has 0 radical (unpaired) electrons. The third kappa shape index (κ3) is 3.99. The van der Waals surface area contributed by atoms with Gasteiger partial charge in [-0.2, -0.15) is 0 Å².